The fraction of sp³-hybridized carbons (Fsp3) is 0.222. The van der Waals surface area contributed by atoms with Gasteiger partial charge in [-0.1, -0.05) is 44.2 Å². The maximum Gasteiger partial charge on any atom is 0.339 e. The van der Waals surface area contributed by atoms with Gasteiger partial charge in [0.05, 0.1) is 26.5 Å². The van der Waals surface area contributed by atoms with Crippen molar-refractivity contribution in [3.05, 3.63) is 77.2 Å². The number of carbonyl (C=O) groups is 2. The third-order valence-electron chi connectivity index (χ3n) is 5.84. The second-order valence-electron chi connectivity index (χ2n) is 8.24. The maximum atomic E-state index is 13.0. The van der Waals surface area contributed by atoms with E-state index in [9.17, 15) is 18.0 Å². The summed E-state index contributed by atoms with van der Waals surface area (Å²) in [6.07, 6.45) is 0. The molecule has 0 bridgehead atoms. The summed E-state index contributed by atoms with van der Waals surface area (Å²) in [7, 11) is -3.70. The minimum atomic E-state index is -3.70. The lowest BCUT2D eigenvalue weighted by Gasteiger charge is -2.20. The average molecular weight is 538 g/mol. The molecule has 1 amide bonds. The Kier molecular flexibility index (Phi) is 8.01. The number of hydrogen-bond donors (Lipinski definition) is 1. The summed E-state index contributed by atoms with van der Waals surface area (Å²) in [4.78, 5) is 31.3. The Morgan fingerprint density at radius 2 is 1.78 bits per heavy atom. The second-order valence-corrected chi connectivity index (χ2v) is 11.1. The number of pyridine rings is 1. The number of carbonyl (C=O) groups excluding carboxylic acids is 2. The van der Waals surface area contributed by atoms with Crippen LogP contribution in [-0.4, -0.2) is 49.3 Å². The topological polar surface area (TPSA) is 106 Å². The van der Waals surface area contributed by atoms with Crippen LogP contribution in [0.4, 0.5) is 5.69 Å². The van der Waals surface area contributed by atoms with Crippen LogP contribution in [0.15, 0.2) is 70.9 Å². The molecule has 2 aromatic heterocycles. The van der Waals surface area contributed by atoms with Crippen LogP contribution >= 0.6 is 11.3 Å². The second kappa shape index (κ2) is 11.2. The highest BCUT2D eigenvalue weighted by Crippen LogP contribution is 2.28. The first-order valence-electron chi connectivity index (χ1n) is 11.8. The summed E-state index contributed by atoms with van der Waals surface area (Å²) in [5, 5.41) is 5.18. The average Bonchev–Trinajstić information content (AvgIpc) is 3.43. The quantitative estimate of drug-likeness (QED) is 0.298. The molecule has 0 atom stereocenters. The van der Waals surface area contributed by atoms with Crippen molar-refractivity contribution in [2.24, 2.45) is 0 Å². The van der Waals surface area contributed by atoms with Crippen molar-refractivity contribution in [2.75, 3.05) is 25.0 Å². The lowest BCUT2D eigenvalue weighted by atomic mass is 10.1. The Balaban J connectivity index is 1.51. The molecule has 0 saturated carbocycles. The van der Waals surface area contributed by atoms with Crippen molar-refractivity contribution in [1.29, 1.82) is 0 Å². The van der Waals surface area contributed by atoms with E-state index in [1.54, 1.807) is 51.1 Å². The van der Waals surface area contributed by atoms with Crippen molar-refractivity contribution < 1.29 is 22.7 Å². The zero-order valence-electron chi connectivity index (χ0n) is 20.7. The lowest BCUT2D eigenvalue weighted by molar-refractivity contribution is -0.119. The zero-order chi connectivity index (χ0) is 26.6. The van der Waals surface area contributed by atoms with Gasteiger partial charge in [0.2, 0.25) is 10.0 Å². The van der Waals surface area contributed by atoms with E-state index >= 15 is 0 Å². The Labute approximate surface area is 220 Å². The van der Waals surface area contributed by atoms with Crippen LogP contribution in [0.25, 0.3) is 21.5 Å². The number of rotatable bonds is 9. The summed E-state index contributed by atoms with van der Waals surface area (Å²) in [6, 6.07) is 17.4. The maximum absolute atomic E-state index is 13.0. The summed E-state index contributed by atoms with van der Waals surface area (Å²) < 4.78 is 32.7. The van der Waals surface area contributed by atoms with Gasteiger partial charge >= 0.3 is 5.97 Å². The molecule has 2 heterocycles. The van der Waals surface area contributed by atoms with Crippen molar-refractivity contribution in [2.45, 2.75) is 25.7 Å². The van der Waals surface area contributed by atoms with E-state index in [4.69, 9.17) is 4.74 Å². The fourth-order valence-electron chi connectivity index (χ4n) is 3.96. The minimum Gasteiger partial charge on any atom is -0.452 e. The number of hydrogen-bond acceptors (Lipinski definition) is 7. The SMILES string of the molecule is CCN(CC)S(=O)(=O)c1cc(NC(=O)COC(=O)c2cc(-c3cccs3)nc3ccccc23)ccc1C. The molecule has 4 aromatic rings. The molecule has 37 heavy (non-hydrogen) atoms. The molecular formula is C27H27N3O5S2. The normalized spacial score (nSPS) is 11.6. The summed E-state index contributed by atoms with van der Waals surface area (Å²) in [5.41, 5.74) is 2.47. The summed E-state index contributed by atoms with van der Waals surface area (Å²) >= 11 is 1.51. The molecule has 10 heteroatoms. The Morgan fingerprint density at radius 1 is 1.03 bits per heavy atom. The zero-order valence-corrected chi connectivity index (χ0v) is 22.4. The molecule has 0 aliphatic carbocycles. The molecule has 0 radical (unpaired) electrons. The van der Waals surface area contributed by atoms with Crippen molar-refractivity contribution in [3.63, 3.8) is 0 Å². The van der Waals surface area contributed by atoms with Crippen molar-refractivity contribution in [3.8, 4) is 10.6 Å². The van der Waals surface area contributed by atoms with Crippen LogP contribution < -0.4 is 5.32 Å². The van der Waals surface area contributed by atoms with Gasteiger partial charge in [0.1, 0.15) is 0 Å². The number of nitrogens with one attached hydrogen (secondary N) is 1. The predicted molar refractivity (Wildman–Crippen MR) is 145 cm³/mol. The van der Waals surface area contributed by atoms with Crippen LogP contribution in [0, 0.1) is 6.92 Å². The first-order chi connectivity index (χ1) is 17.7. The van der Waals surface area contributed by atoms with Crippen molar-refractivity contribution in [1.82, 2.24) is 9.29 Å². The molecule has 2 aromatic carbocycles. The van der Waals surface area contributed by atoms with Gasteiger partial charge in [0.25, 0.3) is 5.91 Å². The van der Waals surface area contributed by atoms with Gasteiger partial charge in [0.15, 0.2) is 6.61 Å². The first kappa shape index (κ1) is 26.5. The highest BCUT2D eigenvalue weighted by atomic mass is 32.2. The Hall–Kier alpha value is -3.60. The lowest BCUT2D eigenvalue weighted by Crippen LogP contribution is -2.31. The monoisotopic (exact) mass is 537 g/mol. The van der Waals surface area contributed by atoms with Gasteiger partial charge in [-0.05, 0) is 48.2 Å². The number of anilines is 1. The number of benzene rings is 2. The molecule has 0 spiro atoms. The molecule has 192 valence electrons. The number of sulfonamides is 1. The van der Waals surface area contributed by atoms with Gasteiger partial charge in [0, 0.05) is 24.2 Å². The third kappa shape index (κ3) is 5.71. The van der Waals surface area contributed by atoms with E-state index in [0.29, 0.717) is 46.5 Å². The number of fused-ring (bicyclic) bond motifs is 1. The molecule has 0 saturated heterocycles. The molecule has 0 aliphatic heterocycles. The number of aromatic nitrogens is 1. The van der Waals surface area contributed by atoms with Gasteiger partial charge in [-0.2, -0.15) is 4.31 Å². The molecule has 4 rings (SSSR count). The minimum absolute atomic E-state index is 0.121. The molecule has 0 aliphatic rings. The largest absolute Gasteiger partial charge is 0.452 e. The highest BCUT2D eigenvalue weighted by Gasteiger charge is 2.24. The number of amides is 1. The number of thiophene rings is 1. The standard InChI is InChI=1S/C27H27N3O5S2/c1-4-30(5-2)37(33,34)25-15-19(13-12-18(25)3)28-26(31)17-35-27(32)21-16-23(24-11-8-14-36-24)29-22-10-7-6-9-20(21)22/h6-16H,4-5,17H2,1-3H3,(H,28,31). The van der Waals surface area contributed by atoms with E-state index in [2.05, 4.69) is 10.3 Å². The third-order valence-corrected chi connectivity index (χ3v) is 8.92. The van der Waals surface area contributed by atoms with E-state index in [0.717, 1.165) is 4.88 Å². The van der Waals surface area contributed by atoms with Gasteiger partial charge in [-0.15, -0.1) is 11.3 Å². The van der Waals surface area contributed by atoms with Crippen LogP contribution in [0.3, 0.4) is 0 Å². The molecule has 1 N–H and O–H groups in total. The van der Waals surface area contributed by atoms with Crippen molar-refractivity contribution >= 4 is 49.8 Å². The summed E-state index contributed by atoms with van der Waals surface area (Å²) in [5.74, 6) is -1.24. The smallest absolute Gasteiger partial charge is 0.339 e. The number of aryl methyl sites for hydroxylation is 1. The van der Waals surface area contributed by atoms with Crippen LogP contribution in [0.2, 0.25) is 0 Å². The van der Waals surface area contributed by atoms with E-state index in [1.165, 1.54) is 21.7 Å². The molecular weight excluding hydrogens is 510 g/mol. The van der Waals surface area contributed by atoms with E-state index < -0.39 is 28.5 Å². The highest BCUT2D eigenvalue weighted by molar-refractivity contribution is 7.89. The number of esters is 1. The van der Waals surface area contributed by atoms with Gasteiger partial charge < -0.3 is 10.1 Å². The predicted octanol–water partition coefficient (Wildman–Crippen LogP) is 5.10. The van der Waals surface area contributed by atoms with E-state index in [1.807, 2.05) is 29.6 Å². The fourth-order valence-corrected chi connectivity index (χ4v) is 6.35. The van der Waals surface area contributed by atoms with Crippen LogP contribution in [0.1, 0.15) is 29.8 Å². The van der Waals surface area contributed by atoms with Gasteiger partial charge in [-0.25, -0.2) is 18.2 Å². The number of para-hydroxylation sites is 1. The molecule has 0 unspecified atom stereocenters. The first-order valence-corrected chi connectivity index (χ1v) is 14.1. The Bertz CT molecular complexity index is 1550. The number of ether oxygens (including phenoxy) is 1. The Morgan fingerprint density at radius 3 is 2.49 bits per heavy atom. The molecule has 8 nitrogen and oxygen atoms in total. The van der Waals surface area contributed by atoms with E-state index in [-0.39, 0.29) is 4.90 Å². The van der Waals surface area contributed by atoms with Crippen LogP contribution in [0.5, 0.6) is 0 Å². The van der Waals surface area contributed by atoms with Crippen LogP contribution in [-0.2, 0) is 19.6 Å². The number of nitrogens with zero attached hydrogens (tertiary/aromatic N) is 2. The molecule has 0 fully saturated rings. The summed E-state index contributed by atoms with van der Waals surface area (Å²) in [6.45, 7) is 5.38. The van der Waals surface area contributed by atoms with Gasteiger partial charge in [-0.3, -0.25) is 4.79 Å².